The highest BCUT2D eigenvalue weighted by molar-refractivity contribution is 7.89. The van der Waals surface area contributed by atoms with Crippen LogP contribution in [0.2, 0.25) is 0 Å². The molecule has 5 heteroatoms. The van der Waals surface area contributed by atoms with E-state index < -0.39 is 10.0 Å². The van der Waals surface area contributed by atoms with Gasteiger partial charge in [0.25, 0.3) is 0 Å². The molecule has 1 fully saturated rings. The maximum absolute atomic E-state index is 12.0. The molecule has 1 aliphatic carbocycles. The molecule has 20 heavy (non-hydrogen) atoms. The molecule has 0 heterocycles. The largest absolute Gasteiger partial charge is 0.382 e. The molecule has 112 valence electrons. The number of hydrogen-bond donors (Lipinski definition) is 2. The second-order valence-electron chi connectivity index (χ2n) is 5.96. The molecule has 0 aliphatic heterocycles. The van der Waals surface area contributed by atoms with Gasteiger partial charge in [0.1, 0.15) is 0 Å². The molecule has 4 nitrogen and oxygen atoms in total. The van der Waals surface area contributed by atoms with Gasteiger partial charge in [-0.3, -0.25) is 0 Å². The number of rotatable bonds is 5. The summed E-state index contributed by atoms with van der Waals surface area (Å²) >= 11 is 0. The first-order valence-electron chi connectivity index (χ1n) is 7.27. The summed E-state index contributed by atoms with van der Waals surface area (Å²) in [5.74, 6) is 0.681. The van der Waals surface area contributed by atoms with Crippen molar-refractivity contribution in [2.45, 2.75) is 57.0 Å². The Bertz CT molecular complexity index is 537. The number of hydrogen-bond acceptors (Lipinski definition) is 3. The molecule has 2 atom stereocenters. The summed E-state index contributed by atoms with van der Waals surface area (Å²) in [6.45, 7) is 5.89. The maximum Gasteiger partial charge on any atom is 0.240 e. The Morgan fingerprint density at radius 3 is 2.30 bits per heavy atom. The van der Waals surface area contributed by atoms with Crippen LogP contribution in [0.3, 0.4) is 0 Å². The molecule has 0 amide bonds. The molecule has 2 rings (SSSR count). The highest BCUT2D eigenvalue weighted by atomic mass is 32.2. The minimum atomic E-state index is -3.39. The van der Waals surface area contributed by atoms with Crippen LogP contribution < -0.4 is 10.0 Å². The molecule has 2 unspecified atom stereocenters. The SMILES string of the molecule is CC(C)NS(=O)(=O)c1ccc(NC2CCCC2C)cc1. The van der Waals surface area contributed by atoms with Crippen molar-refractivity contribution >= 4 is 15.7 Å². The first-order chi connectivity index (χ1) is 9.38. The average Bonchev–Trinajstić information content (AvgIpc) is 2.74. The van der Waals surface area contributed by atoms with E-state index in [4.69, 9.17) is 0 Å². The molecule has 1 saturated carbocycles. The lowest BCUT2D eigenvalue weighted by Gasteiger charge is -2.19. The fraction of sp³-hybridized carbons (Fsp3) is 0.600. The average molecular weight is 296 g/mol. The Labute approximate surface area is 122 Å². The molecule has 1 aromatic rings. The van der Waals surface area contributed by atoms with Gasteiger partial charge in [-0.05, 0) is 56.9 Å². The van der Waals surface area contributed by atoms with Gasteiger partial charge in [-0.1, -0.05) is 13.3 Å². The van der Waals surface area contributed by atoms with Crippen molar-refractivity contribution in [3.8, 4) is 0 Å². The Kier molecular flexibility index (Phi) is 4.70. The molecular formula is C15H24N2O2S. The van der Waals surface area contributed by atoms with E-state index in [1.165, 1.54) is 19.3 Å². The summed E-state index contributed by atoms with van der Waals surface area (Å²) < 4.78 is 26.6. The molecule has 0 spiro atoms. The summed E-state index contributed by atoms with van der Waals surface area (Å²) in [6, 6.07) is 7.42. The monoisotopic (exact) mass is 296 g/mol. The minimum Gasteiger partial charge on any atom is -0.382 e. The fourth-order valence-electron chi connectivity index (χ4n) is 2.68. The molecular weight excluding hydrogens is 272 g/mol. The van der Waals surface area contributed by atoms with E-state index in [-0.39, 0.29) is 6.04 Å². The third kappa shape index (κ3) is 3.73. The van der Waals surface area contributed by atoms with Crippen molar-refractivity contribution in [1.29, 1.82) is 0 Å². The van der Waals surface area contributed by atoms with E-state index in [1.54, 1.807) is 12.1 Å². The van der Waals surface area contributed by atoms with Crippen LogP contribution >= 0.6 is 0 Å². The standard InChI is InChI=1S/C15H24N2O2S/c1-11(2)17-20(18,19)14-9-7-13(8-10-14)16-15-6-4-5-12(15)3/h7-12,15-17H,4-6H2,1-3H3. The summed E-state index contributed by atoms with van der Waals surface area (Å²) in [5.41, 5.74) is 0.993. The van der Waals surface area contributed by atoms with E-state index in [2.05, 4.69) is 17.0 Å². The topological polar surface area (TPSA) is 58.2 Å². The lowest BCUT2D eigenvalue weighted by molar-refractivity contribution is 0.556. The van der Waals surface area contributed by atoms with Crippen molar-refractivity contribution in [3.05, 3.63) is 24.3 Å². The van der Waals surface area contributed by atoms with Gasteiger partial charge >= 0.3 is 0 Å². The zero-order valence-electron chi connectivity index (χ0n) is 12.4. The van der Waals surface area contributed by atoms with Gasteiger partial charge < -0.3 is 5.32 Å². The Morgan fingerprint density at radius 1 is 1.15 bits per heavy atom. The molecule has 2 N–H and O–H groups in total. The Morgan fingerprint density at radius 2 is 1.80 bits per heavy atom. The van der Waals surface area contributed by atoms with E-state index >= 15 is 0 Å². The molecule has 1 aromatic carbocycles. The second-order valence-corrected chi connectivity index (χ2v) is 7.67. The predicted molar refractivity (Wildman–Crippen MR) is 82.3 cm³/mol. The summed E-state index contributed by atoms with van der Waals surface area (Å²) in [5, 5.41) is 3.49. The van der Waals surface area contributed by atoms with Crippen molar-refractivity contribution in [3.63, 3.8) is 0 Å². The highest BCUT2D eigenvalue weighted by Gasteiger charge is 2.23. The van der Waals surface area contributed by atoms with Crippen molar-refractivity contribution < 1.29 is 8.42 Å². The Balaban J connectivity index is 2.06. The van der Waals surface area contributed by atoms with Gasteiger partial charge in [0, 0.05) is 17.8 Å². The molecule has 0 bridgehead atoms. The van der Waals surface area contributed by atoms with Gasteiger partial charge in [0.2, 0.25) is 10.0 Å². The maximum atomic E-state index is 12.0. The zero-order chi connectivity index (χ0) is 14.8. The molecule has 1 aliphatic rings. The summed E-state index contributed by atoms with van der Waals surface area (Å²) in [4.78, 5) is 0.316. The number of nitrogens with one attached hydrogen (secondary N) is 2. The van der Waals surface area contributed by atoms with E-state index in [9.17, 15) is 8.42 Å². The number of anilines is 1. The van der Waals surface area contributed by atoms with Crippen LogP contribution in [0.15, 0.2) is 29.2 Å². The van der Waals surface area contributed by atoms with Gasteiger partial charge in [-0.2, -0.15) is 0 Å². The zero-order valence-corrected chi connectivity index (χ0v) is 13.2. The van der Waals surface area contributed by atoms with Crippen LogP contribution in [-0.4, -0.2) is 20.5 Å². The van der Waals surface area contributed by atoms with Crippen LogP contribution in [0.1, 0.15) is 40.0 Å². The first-order valence-corrected chi connectivity index (χ1v) is 8.76. The molecule has 0 radical (unpaired) electrons. The van der Waals surface area contributed by atoms with Crippen LogP contribution in [0, 0.1) is 5.92 Å². The second kappa shape index (κ2) is 6.14. The predicted octanol–water partition coefficient (Wildman–Crippen LogP) is 2.97. The van der Waals surface area contributed by atoms with E-state index in [0.29, 0.717) is 16.9 Å². The van der Waals surface area contributed by atoms with Crippen molar-refractivity contribution in [2.24, 2.45) is 5.92 Å². The highest BCUT2D eigenvalue weighted by Crippen LogP contribution is 2.28. The van der Waals surface area contributed by atoms with Crippen molar-refractivity contribution in [1.82, 2.24) is 4.72 Å². The fourth-order valence-corrected chi connectivity index (χ4v) is 3.93. The quantitative estimate of drug-likeness (QED) is 0.878. The normalized spacial score (nSPS) is 23.2. The van der Waals surface area contributed by atoms with Crippen LogP contribution in [0.5, 0.6) is 0 Å². The van der Waals surface area contributed by atoms with Gasteiger partial charge in [-0.15, -0.1) is 0 Å². The molecule has 0 aromatic heterocycles. The summed E-state index contributed by atoms with van der Waals surface area (Å²) in [7, 11) is -3.39. The third-order valence-corrected chi connectivity index (χ3v) is 5.44. The van der Waals surface area contributed by atoms with E-state index in [1.807, 2.05) is 26.0 Å². The smallest absolute Gasteiger partial charge is 0.240 e. The van der Waals surface area contributed by atoms with Gasteiger partial charge in [0.15, 0.2) is 0 Å². The van der Waals surface area contributed by atoms with Crippen LogP contribution in [0.4, 0.5) is 5.69 Å². The lowest BCUT2D eigenvalue weighted by Crippen LogP contribution is -2.30. The molecule has 0 saturated heterocycles. The van der Waals surface area contributed by atoms with Crippen molar-refractivity contribution in [2.75, 3.05) is 5.32 Å². The number of benzene rings is 1. The Hall–Kier alpha value is -1.07. The van der Waals surface area contributed by atoms with Gasteiger partial charge in [0.05, 0.1) is 4.90 Å². The van der Waals surface area contributed by atoms with Crippen LogP contribution in [0.25, 0.3) is 0 Å². The van der Waals surface area contributed by atoms with Crippen LogP contribution in [-0.2, 0) is 10.0 Å². The van der Waals surface area contributed by atoms with E-state index in [0.717, 1.165) is 5.69 Å². The first kappa shape index (κ1) is 15.3. The minimum absolute atomic E-state index is 0.0999. The number of sulfonamides is 1. The summed E-state index contributed by atoms with van der Waals surface area (Å²) in [6.07, 6.45) is 3.72. The lowest BCUT2D eigenvalue weighted by atomic mass is 10.1. The third-order valence-electron chi connectivity index (χ3n) is 3.77. The van der Waals surface area contributed by atoms with Gasteiger partial charge in [-0.25, -0.2) is 13.1 Å².